The number of nitrogens with zero attached hydrogens (tertiary/aromatic N) is 2. The van der Waals surface area contributed by atoms with Gasteiger partial charge in [-0.2, -0.15) is 5.10 Å². The van der Waals surface area contributed by atoms with Crippen molar-refractivity contribution in [3.05, 3.63) is 45.7 Å². The van der Waals surface area contributed by atoms with E-state index in [-0.39, 0.29) is 11.4 Å². The average Bonchev–Trinajstić information content (AvgIpc) is 2.71. The second kappa shape index (κ2) is 5.73. The molecular formula is C12H13Cl2N3O2S. The zero-order valence-corrected chi connectivity index (χ0v) is 13.2. The van der Waals surface area contributed by atoms with E-state index in [0.29, 0.717) is 15.7 Å². The Bertz CT molecular complexity index is 741. The van der Waals surface area contributed by atoms with Crippen molar-refractivity contribution in [3.8, 4) is 0 Å². The van der Waals surface area contributed by atoms with Gasteiger partial charge in [0.15, 0.2) is 0 Å². The van der Waals surface area contributed by atoms with Gasteiger partial charge in [-0.1, -0.05) is 29.3 Å². The Morgan fingerprint density at radius 3 is 2.55 bits per heavy atom. The summed E-state index contributed by atoms with van der Waals surface area (Å²) in [5, 5.41) is 4.84. The molecule has 2 rings (SSSR count). The van der Waals surface area contributed by atoms with Gasteiger partial charge in [-0.25, -0.2) is 13.1 Å². The molecule has 0 bridgehead atoms. The maximum atomic E-state index is 12.2. The summed E-state index contributed by atoms with van der Waals surface area (Å²) in [7, 11) is -1.93. The molecule has 0 saturated carbocycles. The van der Waals surface area contributed by atoms with Crippen molar-refractivity contribution in [2.45, 2.75) is 18.4 Å². The Kier molecular flexibility index (Phi) is 4.39. The molecule has 1 aromatic heterocycles. The Hall–Kier alpha value is -1.08. The first-order chi connectivity index (χ1) is 9.29. The van der Waals surface area contributed by atoms with Crippen LogP contribution in [0.25, 0.3) is 0 Å². The molecule has 1 N–H and O–H groups in total. The number of nitrogens with one attached hydrogen (secondary N) is 1. The molecule has 0 amide bonds. The van der Waals surface area contributed by atoms with Crippen LogP contribution >= 0.6 is 23.2 Å². The van der Waals surface area contributed by atoms with Crippen LogP contribution in [0.5, 0.6) is 0 Å². The van der Waals surface area contributed by atoms with Crippen molar-refractivity contribution < 1.29 is 8.42 Å². The van der Waals surface area contributed by atoms with Gasteiger partial charge in [0.2, 0.25) is 10.0 Å². The molecule has 0 saturated heterocycles. The van der Waals surface area contributed by atoms with Crippen LogP contribution < -0.4 is 4.72 Å². The molecule has 0 aliphatic rings. The quantitative estimate of drug-likeness (QED) is 0.934. The molecule has 1 heterocycles. The van der Waals surface area contributed by atoms with Crippen LogP contribution in [0.15, 0.2) is 29.3 Å². The first kappa shape index (κ1) is 15.3. The van der Waals surface area contributed by atoms with Gasteiger partial charge < -0.3 is 0 Å². The second-order valence-corrected chi connectivity index (χ2v) is 6.88. The third-order valence-corrected chi connectivity index (χ3v) is 4.95. The van der Waals surface area contributed by atoms with Gasteiger partial charge >= 0.3 is 0 Å². The number of hydrogen-bond donors (Lipinski definition) is 1. The highest BCUT2D eigenvalue weighted by Gasteiger charge is 2.19. The predicted molar refractivity (Wildman–Crippen MR) is 78.4 cm³/mol. The lowest BCUT2D eigenvalue weighted by molar-refractivity contribution is 0.580. The van der Waals surface area contributed by atoms with E-state index >= 15 is 0 Å². The molecule has 0 unspecified atom stereocenters. The van der Waals surface area contributed by atoms with Crippen LogP contribution in [0.3, 0.4) is 0 Å². The fraction of sp³-hybridized carbons (Fsp3) is 0.250. The number of aromatic nitrogens is 2. The second-order valence-electron chi connectivity index (χ2n) is 4.33. The summed E-state index contributed by atoms with van der Waals surface area (Å²) in [6, 6.07) is 4.97. The first-order valence-electron chi connectivity index (χ1n) is 5.73. The van der Waals surface area contributed by atoms with E-state index in [9.17, 15) is 8.42 Å². The van der Waals surface area contributed by atoms with Gasteiger partial charge in [-0.15, -0.1) is 0 Å². The Morgan fingerprint density at radius 1 is 1.30 bits per heavy atom. The molecule has 20 heavy (non-hydrogen) atoms. The van der Waals surface area contributed by atoms with Gasteiger partial charge in [-0.3, -0.25) is 4.68 Å². The van der Waals surface area contributed by atoms with Crippen LogP contribution in [-0.4, -0.2) is 18.2 Å². The molecule has 0 atom stereocenters. The van der Waals surface area contributed by atoms with Crippen molar-refractivity contribution in [2.24, 2.45) is 7.05 Å². The maximum Gasteiger partial charge on any atom is 0.244 e. The minimum absolute atomic E-state index is 0.132. The van der Waals surface area contributed by atoms with Crippen LogP contribution in [-0.2, 0) is 23.6 Å². The number of aryl methyl sites for hydroxylation is 2. The smallest absolute Gasteiger partial charge is 0.244 e. The van der Waals surface area contributed by atoms with Crippen LogP contribution in [0, 0.1) is 6.92 Å². The number of sulfonamides is 1. The topological polar surface area (TPSA) is 64.0 Å². The Labute approximate surface area is 127 Å². The fourth-order valence-electron chi connectivity index (χ4n) is 1.75. The average molecular weight is 334 g/mol. The van der Waals surface area contributed by atoms with E-state index in [4.69, 9.17) is 23.2 Å². The maximum absolute atomic E-state index is 12.2. The lowest BCUT2D eigenvalue weighted by Crippen LogP contribution is -2.23. The summed E-state index contributed by atoms with van der Waals surface area (Å²) < 4.78 is 28.3. The molecule has 108 valence electrons. The lowest BCUT2D eigenvalue weighted by atomic mass is 10.2. The van der Waals surface area contributed by atoms with E-state index in [1.54, 1.807) is 32.2 Å². The standard InChI is InChI=1S/C12H13Cl2N3O2S/c1-8-12(7-17(2)16-8)20(18,19)15-6-9-3-4-10(13)11(14)5-9/h3-5,7,15H,6H2,1-2H3. The largest absolute Gasteiger partial charge is 0.274 e. The van der Waals surface area contributed by atoms with E-state index in [1.807, 2.05) is 0 Å². The van der Waals surface area contributed by atoms with Crippen molar-refractivity contribution >= 4 is 33.2 Å². The van der Waals surface area contributed by atoms with Crippen molar-refractivity contribution in [1.82, 2.24) is 14.5 Å². The van der Waals surface area contributed by atoms with Crippen LogP contribution in [0.4, 0.5) is 0 Å². The summed E-state index contributed by atoms with van der Waals surface area (Å²) >= 11 is 11.7. The zero-order valence-electron chi connectivity index (χ0n) is 10.9. The molecule has 0 aliphatic heterocycles. The number of benzene rings is 1. The fourth-order valence-corrected chi connectivity index (χ4v) is 3.30. The Morgan fingerprint density at radius 2 is 2.00 bits per heavy atom. The normalized spacial score (nSPS) is 11.8. The van der Waals surface area contributed by atoms with Crippen LogP contribution in [0.1, 0.15) is 11.3 Å². The Balaban J connectivity index is 2.17. The molecule has 1 aromatic carbocycles. The third-order valence-electron chi connectivity index (χ3n) is 2.71. The van der Waals surface area contributed by atoms with Gasteiger partial charge in [0, 0.05) is 19.8 Å². The van der Waals surface area contributed by atoms with Gasteiger partial charge in [-0.05, 0) is 24.6 Å². The van der Waals surface area contributed by atoms with Crippen molar-refractivity contribution in [3.63, 3.8) is 0 Å². The van der Waals surface area contributed by atoms with E-state index in [2.05, 4.69) is 9.82 Å². The highest BCUT2D eigenvalue weighted by Crippen LogP contribution is 2.22. The van der Waals surface area contributed by atoms with Crippen LogP contribution in [0.2, 0.25) is 10.0 Å². The van der Waals surface area contributed by atoms with Crippen molar-refractivity contribution in [2.75, 3.05) is 0 Å². The minimum Gasteiger partial charge on any atom is -0.274 e. The number of halogens is 2. The molecular weight excluding hydrogens is 321 g/mol. The molecule has 0 fully saturated rings. The summed E-state index contributed by atoms with van der Waals surface area (Å²) in [6.07, 6.45) is 1.46. The van der Waals surface area contributed by atoms with E-state index in [0.717, 1.165) is 5.56 Å². The third kappa shape index (κ3) is 3.32. The van der Waals surface area contributed by atoms with Crippen molar-refractivity contribution in [1.29, 1.82) is 0 Å². The molecule has 2 aromatic rings. The first-order valence-corrected chi connectivity index (χ1v) is 7.97. The zero-order chi connectivity index (χ0) is 14.9. The molecule has 0 aliphatic carbocycles. The highest BCUT2D eigenvalue weighted by atomic mass is 35.5. The lowest BCUT2D eigenvalue weighted by Gasteiger charge is -2.06. The van der Waals surface area contributed by atoms with Gasteiger partial charge in [0.25, 0.3) is 0 Å². The highest BCUT2D eigenvalue weighted by molar-refractivity contribution is 7.89. The molecule has 0 radical (unpaired) electrons. The predicted octanol–water partition coefficient (Wildman–Crippen LogP) is 2.51. The van der Waals surface area contributed by atoms with E-state index in [1.165, 1.54) is 10.9 Å². The van der Waals surface area contributed by atoms with E-state index < -0.39 is 10.0 Å². The van der Waals surface area contributed by atoms with Gasteiger partial charge in [0.05, 0.1) is 15.7 Å². The summed E-state index contributed by atoms with van der Waals surface area (Å²) in [6.45, 7) is 1.78. The number of rotatable bonds is 4. The molecule has 8 heteroatoms. The summed E-state index contributed by atoms with van der Waals surface area (Å²) in [4.78, 5) is 0.167. The van der Waals surface area contributed by atoms with Gasteiger partial charge in [0.1, 0.15) is 4.90 Å². The summed E-state index contributed by atoms with van der Waals surface area (Å²) in [5.41, 5.74) is 1.18. The SMILES string of the molecule is Cc1nn(C)cc1S(=O)(=O)NCc1ccc(Cl)c(Cl)c1. The molecule has 5 nitrogen and oxygen atoms in total. The minimum atomic E-state index is -3.60. The number of hydrogen-bond acceptors (Lipinski definition) is 3. The molecule has 0 spiro atoms. The summed E-state index contributed by atoms with van der Waals surface area (Å²) in [5.74, 6) is 0. The monoisotopic (exact) mass is 333 g/mol.